The van der Waals surface area contributed by atoms with Crippen LogP contribution in [0, 0.1) is 29.6 Å². The normalized spacial score (nSPS) is 53.2. The third-order valence-electron chi connectivity index (χ3n) is 5.56. The average molecular weight is 220 g/mol. The van der Waals surface area contributed by atoms with Crippen LogP contribution >= 0.6 is 0 Å². The molecule has 0 aromatic rings. The molecule has 1 saturated heterocycles. The minimum absolute atomic E-state index is 0.235. The fourth-order valence-corrected chi connectivity index (χ4v) is 4.85. The summed E-state index contributed by atoms with van der Waals surface area (Å²) < 4.78 is 0. The molecule has 2 bridgehead atoms. The lowest BCUT2D eigenvalue weighted by Gasteiger charge is -2.18. The van der Waals surface area contributed by atoms with Gasteiger partial charge in [0.15, 0.2) is 0 Å². The van der Waals surface area contributed by atoms with Crippen LogP contribution in [0.1, 0.15) is 25.7 Å². The number of hydrogen-bond acceptors (Lipinski definition) is 2. The van der Waals surface area contributed by atoms with Crippen LogP contribution in [0.15, 0.2) is 0 Å². The molecule has 3 nitrogen and oxygen atoms in total. The summed E-state index contributed by atoms with van der Waals surface area (Å²) in [6, 6.07) is 0.235. The van der Waals surface area contributed by atoms with Crippen LogP contribution in [0.4, 0.5) is 0 Å². The van der Waals surface area contributed by atoms with E-state index in [1.165, 1.54) is 19.3 Å². The van der Waals surface area contributed by atoms with Gasteiger partial charge in [0, 0.05) is 25.0 Å². The van der Waals surface area contributed by atoms with Crippen molar-refractivity contribution in [1.29, 1.82) is 0 Å². The Labute approximate surface area is 96.4 Å². The topological polar surface area (TPSA) is 46.3 Å². The molecule has 16 heavy (non-hydrogen) atoms. The third-order valence-corrected chi connectivity index (χ3v) is 5.56. The summed E-state index contributed by atoms with van der Waals surface area (Å²) in [5.74, 6) is 4.22. The van der Waals surface area contributed by atoms with E-state index in [0.717, 1.165) is 43.2 Å². The second-order valence-corrected chi connectivity index (χ2v) is 6.35. The van der Waals surface area contributed by atoms with Crippen LogP contribution < -0.4 is 5.73 Å². The van der Waals surface area contributed by atoms with Crippen LogP contribution in [-0.4, -0.2) is 29.9 Å². The molecular formula is C13H20N2O. The molecule has 4 rings (SSSR count). The van der Waals surface area contributed by atoms with Gasteiger partial charge in [-0.25, -0.2) is 0 Å². The van der Waals surface area contributed by atoms with Gasteiger partial charge in [0.2, 0.25) is 5.91 Å². The first-order chi connectivity index (χ1) is 7.75. The highest BCUT2D eigenvalue weighted by Gasteiger charge is 2.68. The molecule has 4 unspecified atom stereocenters. The summed E-state index contributed by atoms with van der Waals surface area (Å²) in [6.07, 6.45) is 5.23. The molecule has 4 fully saturated rings. The highest BCUT2D eigenvalue weighted by molar-refractivity contribution is 5.83. The number of likely N-dealkylation sites (tertiary alicyclic amines) is 1. The van der Waals surface area contributed by atoms with E-state index in [4.69, 9.17) is 5.73 Å². The summed E-state index contributed by atoms with van der Waals surface area (Å²) in [5, 5.41) is 0. The number of rotatable bonds is 1. The molecule has 88 valence electrons. The maximum atomic E-state index is 12.4. The Hall–Kier alpha value is -0.570. The minimum Gasteiger partial charge on any atom is -0.341 e. The number of nitrogens with two attached hydrogens (primary N) is 1. The largest absolute Gasteiger partial charge is 0.341 e. The van der Waals surface area contributed by atoms with Gasteiger partial charge in [-0.05, 0) is 49.4 Å². The highest BCUT2D eigenvalue weighted by Crippen LogP contribution is 2.69. The molecule has 0 radical (unpaired) electrons. The average Bonchev–Trinajstić information content (AvgIpc) is 2.68. The zero-order valence-corrected chi connectivity index (χ0v) is 9.64. The highest BCUT2D eigenvalue weighted by atomic mass is 16.2. The number of nitrogens with zero attached hydrogens (tertiary/aromatic N) is 1. The Bertz CT molecular complexity index is 327. The first kappa shape index (κ1) is 9.46. The minimum atomic E-state index is 0.235. The first-order valence-electron chi connectivity index (χ1n) is 6.80. The van der Waals surface area contributed by atoms with Gasteiger partial charge in [-0.1, -0.05) is 0 Å². The van der Waals surface area contributed by atoms with Crippen molar-refractivity contribution in [2.24, 2.45) is 35.3 Å². The van der Waals surface area contributed by atoms with Gasteiger partial charge in [0.1, 0.15) is 0 Å². The molecule has 5 atom stereocenters. The van der Waals surface area contributed by atoms with Gasteiger partial charge in [-0.2, -0.15) is 0 Å². The lowest BCUT2D eigenvalue weighted by atomic mass is 10.0. The Kier molecular flexibility index (Phi) is 1.78. The van der Waals surface area contributed by atoms with E-state index in [-0.39, 0.29) is 6.04 Å². The van der Waals surface area contributed by atoms with Crippen molar-refractivity contribution in [1.82, 2.24) is 4.90 Å². The number of carbonyl (C=O) groups excluding carboxylic acids is 1. The molecular weight excluding hydrogens is 200 g/mol. The fraction of sp³-hybridized carbons (Fsp3) is 0.923. The summed E-state index contributed by atoms with van der Waals surface area (Å²) in [4.78, 5) is 14.4. The Morgan fingerprint density at radius 3 is 2.38 bits per heavy atom. The van der Waals surface area contributed by atoms with Gasteiger partial charge in [0.25, 0.3) is 0 Å². The molecule has 1 aliphatic heterocycles. The summed E-state index contributed by atoms with van der Waals surface area (Å²) >= 11 is 0. The van der Waals surface area contributed by atoms with Crippen molar-refractivity contribution in [3.63, 3.8) is 0 Å². The zero-order valence-electron chi connectivity index (χ0n) is 9.64. The molecule has 1 amide bonds. The Balaban J connectivity index is 1.47. The van der Waals surface area contributed by atoms with E-state index in [1.807, 2.05) is 4.90 Å². The van der Waals surface area contributed by atoms with E-state index in [1.54, 1.807) is 0 Å². The summed E-state index contributed by atoms with van der Waals surface area (Å²) in [7, 11) is 0. The second kappa shape index (κ2) is 3.00. The number of carbonyl (C=O) groups is 1. The maximum absolute atomic E-state index is 12.4. The van der Waals surface area contributed by atoms with Gasteiger partial charge >= 0.3 is 0 Å². The lowest BCUT2D eigenvalue weighted by molar-refractivity contribution is -0.132. The van der Waals surface area contributed by atoms with Crippen molar-refractivity contribution >= 4 is 5.91 Å². The fourth-order valence-electron chi connectivity index (χ4n) is 4.85. The molecule has 3 heteroatoms. The van der Waals surface area contributed by atoms with Gasteiger partial charge in [0.05, 0.1) is 0 Å². The Morgan fingerprint density at radius 1 is 1.12 bits per heavy atom. The summed E-state index contributed by atoms with van der Waals surface area (Å²) in [5.41, 5.74) is 5.87. The SMILES string of the molecule is N[C@@H]1CCN(C(=O)C2C3C4CCC(C4)C23)C1. The smallest absolute Gasteiger partial charge is 0.226 e. The van der Waals surface area contributed by atoms with E-state index in [0.29, 0.717) is 11.8 Å². The molecule has 0 aromatic carbocycles. The molecule has 3 aliphatic carbocycles. The lowest BCUT2D eigenvalue weighted by Crippen LogP contribution is -2.34. The predicted octanol–water partition coefficient (Wildman–Crippen LogP) is 0.838. The van der Waals surface area contributed by atoms with E-state index in [2.05, 4.69) is 0 Å². The first-order valence-corrected chi connectivity index (χ1v) is 6.80. The maximum Gasteiger partial charge on any atom is 0.226 e. The molecule has 0 spiro atoms. The van der Waals surface area contributed by atoms with Crippen molar-refractivity contribution in [3.05, 3.63) is 0 Å². The third kappa shape index (κ3) is 1.10. The van der Waals surface area contributed by atoms with E-state index in [9.17, 15) is 4.79 Å². The van der Waals surface area contributed by atoms with Crippen molar-refractivity contribution in [3.8, 4) is 0 Å². The van der Waals surface area contributed by atoms with Crippen molar-refractivity contribution in [2.45, 2.75) is 31.7 Å². The van der Waals surface area contributed by atoms with Gasteiger partial charge in [-0.15, -0.1) is 0 Å². The Morgan fingerprint density at radius 2 is 1.81 bits per heavy atom. The molecule has 2 N–H and O–H groups in total. The van der Waals surface area contributed by atoms with Crippen molar-refractivity contribution < 1.29 is 4.79 Å². The van der Waals surface area contributed by atoms with Crippen LogP contribution in [0.5, 0.6) is 0 Å². The van der Waals surface area contributed by atoms with Crippen molar-refractivity contribution in [2.75, 3.05) is 13.1 Å². The number of amides is 1. The van der Waals surface area contributed by atoms with Crippen LogP contribution in [0.3, 0.4) is 0 Å². The standard InChI is InChI=1S/C13H20N2O/c14-9-3-4-15(6-9)13(16)12-10-7-1-2-8(5-7)11(10)12/h7-12H,1-6,14H2/t7?,8?,9-,10?,11?,12?/m1/s1. The van der Waals surface area contributed by atoms with Gasteiger partial charge < -0.3 is 10.6 Å². The monoisotopic (exact) mass is 220 g/mol. The molecule has 0 aromatic heterocycles. The van der Waals surface area contributed by atoms with E-state index < -0.39 is 0 Å². The molecule has 3 saturated carbocycles. The molecule has 4 aliphatic rings. The predicted molar refractivity (Wildman–Crippen MR) is 60.5 cm³/mol. The summed E-state index contributed by atoms with van der Waals surface area (Å²) in [6.45, 7) is 1.72. The number of hydrogen-bond donors (Lipinski definition) is 1. The van der Waals surface area contributed by atoms with Crippen LogP contribution in [-0.2, 0) is 4.79 Å². The number of fused-ring (bicyclic) bond motifs is 5. The molecule has 1 heterocycles. The van der Waals surface area contributed by atoms with Crippen LogP contribution in [0.2, 0.25) is 0 Å². The second-order valence-electron chi connectivity index (χ2n) is 6.35. The van der Waals surface area contributed by atoms with E-state index >= 15 is 0 Å². The quantitative estimate of drug-likeness (QED) is 0.711. The van der Waals surface area contributed by atoms with Gasteiger partial charge in [-0.3, -0.25) is 4.79 Å². The van der Waals surface area contributed by atoms with Crippen LogP contribution in [0.25, 0.3) is 0 Å². The zero-order chi connectivity index (χ0) is 10.9.